The van der Waals surface area contributed by atoms with Crippen LogP contribution < -0.4 is 10.6 Å². The van der Waals surface area contributed by atoms with Crippen molar-refractivity contribution in [2.24, 2.45) is 17.8 Å². The molecule has 1 aromatic rings. The molecular weight excluding hydrogens is 428 g/mol. The van der Waals surface area contributed by atoms with Crippen LogP contribution in [-0.2, 0) is 14.3 Å². The van der Waals surface area contributed by atoms with Crippen molar-refractivity contribution in [2.45, 2.75) is 51.7 Å². The number of hydrogen-bond acceptors (Lipinski definition) is 8. The first-order valence-corrected chi connectivity index (χ1v) is 11.8. The van der Waals surface area contributed by atoms with Crippen LogP contribution >= 0.6 is 0 Å². The highest BCUT2D eigenvalue weighted by molar-refractivity contribution is 5.91. The van der Waals surface area contributed by atoms with Gasteiger partial charge in [-0.1, -0.05) is 12.8 Å². The SMILES string of the molecule is CCO[C@H]1OC(C(=O)NCCNc2ccc([N+](=O)[O-])cn2)=C[C@@H](C2CCCC2)[C@@H]1CCCO. The number of aromatic nitrogens is 1. The molecule has 10 nitrogen and oxygen atoms in total. The van der Waals surface area contributed by atoms with E-state index >= 15 is 0 Å². The zero-order valence-corrected chi connectivity index (χ0v) is 19.1. The molecule has 1 aliphatic carbocycles. The van der Waals surface area contributed by atoms with E-state index < -0.39 is 11.2 Å². The number of carbonyl (C=O) groups excluding carboxylic acids is 1. The smallest absolute Gasteiger partial charge is 0.287 e. The molecule has 1 aromatic heterocycles. The van der Waals surface area contributed by atoms with Crippen molar-refractivity contribution < 1.29 is 24.3 Å². The van der Waals surface area contributed by atoms with E-state index in [1.807, 2.05) is 13.0 Å². The molecular formula is C23H34N4O6. The van der Waals surface area contributed by atoms with Gasteiger partial charge in [0.15, 0.2) is 5.76 Å². The van der Waals surface area contributed by atoms with Gasteiger partial charge in [-0.05, 0) is 56.6 Å². The number of pyridine rings is 1. The predicted molar refractivity (Wildman–Crippen MR) is 122 cm³/mol. The summed E-state index contributed by atoms with van der Waals surface area (Å²) in [6.07, 6.45) is 8.80. The Kier molecular flexibility index (Phi) is 9.44. The largest absolute Gasteiger partial charge is 0.459 e. The van der Waals surface area contributed by atoms with Crippen molar-refractivity contribution >= 4 is 17.4 Å². The van der Waals surface area contributed by atoms with E-state index in [9.17, 15) is 20.0 Å². The summed E-state index contributed by atoms with van der Waals surface area (Å²) in [4.78, 5) is 27.0. The second kappa shape index (κ2) is 12.5. The van der Waals surface area contributed by atoms with Crippen LogP contribution in [0.4, 0.5) is 11.5 Å². The zero-order chi connectivity index (χ0) is 23.6. The Morgan fingerprint density at radius 2 is 2.12 bits per heavy atom. The normalized spacial score (nSPS) is 23.0. The van der Waals surface area contributed by atoms with Gasteiger partial charge in [-0.2, -0.15) is 0 Å². The van der Waals surface area contributed by atoms with Crippen LogP contribution in [0.5, 0.6) is 0 Å². The lowest BCUT2D eigenvalue weighted by molar-refractivity contribution is -0.385. The fraction of sp³-hybridized carbons (Fsp3) is 0.652. The highest BCUT2D eigenvalue weighted by Crippen LogP contribution is 2.43. The molecule has 1 aliphatic heterocycles. The maximum Gasteiger partial charge on any atom is 0.287 e. The number of rotatable bonds is 12. The highest BCUT2D eigenvalue weighted by atomic mass is 16.7. The molecule has 2 aliphatic rings. The Bertz CT molecular complexity index is 810. The van der Waals surface area contributed by atoms with Gasteiger partial charge in [-0.25, -0.2) is 4.98 Å². The van der Waals surface area contributed by atoms with E-state index in [0.717, 1.165) is 19.3 Å². The molecule has 33 heavy (non-hydrogen) atoms. The summed E-state index contributed by atoms with van der Waals surface area (Å²) in [5.74, 6) is 1.30. The van der Waals surface area contributed by atoms with Gasteiger partial charge < -0.3 is 25.2 Å². The van der Waals surface area contributed by atoms with E-state index in [4.69, 9.17) is 9.47 Å². The molecule has 0 saturated heterocycles. The molecule has 3 atom stereocenters. The molecule has 3 N–H and O–H groups in total. The zero-order valence-electron chi connectivity index (χ0n) is 19.1. The minimum Gasteiger partial charge on any atom is -0.459 e. The molecule has 0 radical (unpaired) electrons. The number of ether oxygens (including phenoxy) is 2. The number of aliphatic hydroxyl groups excluding tert-OH is 1. The van der Waals surface area contributed by atoms with Gasteiger partial charge in [0, 0.05) is 38.3 Å². The molecule has 0 bridgehead atoms. The fourth-order valence-corrected chi connectivity index (χ4v) is 4.72. The van der Waals surface area contributed by atoms with Crippen LogP contribution in [0.2, 0.25) is 0 Å². The van der Waals surface area contributed by atoms with Gasteiger partial charge in [0.2, 0.25) is 6.29 Å². The Labute approximate surface area is 193 Å². The number of nitrogens with zero attached hydrogens (tertiary/aromatic N) is 2. The minimum absolute atomic E-state index is 0.0757. The molecule has 0 unspecified atom stereocenters. The van der Waals surface area contributed by atoms with Gasteiger partial charge in [0.1, 0.15) is 12.0 Å². The topological polar surface area (TPSA) is 136 Å². The van der Waals surface area contributed by atoms with Crippen molar-refractivity contribution in [1.29, 1.82) is 0 Å². The number of nitro groups is 1. The molecule has 1 fully saturated rings. The summed E-state index contributed by atoms with van der Waals surface area (Å²) >= 11 is 0. The number of aliphatic hydroxyl groups is 1. The third kappa shape index (κ3) is 6.88. The summed E-state index contributed by atoms with van der Waals surface area (Å²) in [5, 5.41) is 25.9. The number of nitrogens with one attached hydrogen (secondary N) is 2. The van der Waals surface area contributed by atoms with Crippen LogP contribution in [0, 0.1) is 27.9 Å². The Balaban J connectivity index is 1.59. The monoisotopic (exact) mass is 462 g/mol. The van der Waals surface area contributed by atoms with Gasteiger partial charge >= 0.3 is 0 Å². The Morgan fingerprint density at radius 1 is 1.33 bits per heavy atom. The van der Waals surface area contributed by atoms with Crippen molar-refractivity contribution in [3.05, 3.63) is 40.3 Å². The van der Waals surface area contributed by atoms with Crippen molar-refractivity contribution in [3.8, 4) is 0 Å². The van der Waals surface area contributed by atoms with E-state index in [1.165, 1.54) is 31.2 Å². The maximum atomic E-state index is 12.8. The lowest BCUT2D eigenvalue weighted by Crippen LogP contribution is -2.42. The average molecular weight is 463 g/mol. The molecule has 0 aromatic carbocycles. The first-order chi connectivity index (χ1) is 16.0. The second-order valence-corrected chi connectivity index (χ2v) is 8.47. The van der Waals surface area contributed by atoms with E-state index in [1.54, 1.807) is 0 Å². The fourth-order valence-electron chi connectivity index (χ4n) is 4.72. The average Bonchev–Trinajstić information content (AvgIpc) is 3.36. The van der Waals surface area contributed by atoms with Gasteiger partial charge in [0.25, 0.3) is 11.6 Å². The molecule has 2 heterocycles. The van der Waals surface area contributed by atoms with Crippen LogP contribution in [0.25, 0.3) is 0 Å². The van der Waals surface area contributed by atoms with Crippen LogP contribution in [0.15, 0.2) is 30.2 Å². The predicted octanol–water partition coefficient (Wildman–Crippen LogP) is 2.99. The van der Waals surface area contributed by atoms with E-state index in [-0.39, 0.29) is 30.0 Å². The van der Waals surface area contributed by atoms with Crippen molar-refractivity contribution in [1.82, 2.24) is 10.3 Å². The van der Waals surface area contributed by atoms with Gasteiger partial charge in [-0.15, -0.1) is 0 Å². The van der Waals surface area contributed by atoms with Crippen molar-refractivity contribution in [2.75, 3.05) is 31.6 Å². The number of carbonyl (C=O) groups is 1. The minimum atomic E-state index is -0.502. The Hall–Kier alpha value is -2.72. The quantitative estimate of drug-likeness (QED) is 0.245. The van der Waals surface area contributed by atoms with E-state index in [2.05, 4.69) is 15.6 Å². The van der Waals surface area contributed by atoms with E-state index in [0.29, 0.717) is 43.6 Å². The summed E-state index contributed by atoms with van der Waals surface area (Å²) in [5.41, 5.74) is -0.0757. The summed E-state index contributed by atoms with van der Waals surface area (Å²) in [7, 11) is 0. The molecule has 182 valence electrons. The first-order valence-electron chi connectivity index (χ1n) is 11.8. The third-order valence-corrected chi connectivity index (χ3v) is 6.30. The highest BCUT2D eigenvalue weighted by Gasteiger charge is 2.41. The lowest BCUT2D eigenvalue weighted by atomic mass is 9.76. The summed E-state index contributed by atoms with van der Waals surface area (Å²) in [6, 6.07) is 2.90. The molecule has 3 rings (SSSR count). The number of amides is 1. The molecule has 0 spiro atoms. The molecule has 1 saturated carbocycles. The van der Waals surface area contributed by atoms with Gasteiger partial charge in [0.05, 0.1) is 4.92 Å². The third-order valence-electron chi connectivity index (χ3n) is 6.30. The van der Waals surface area contributed by atoms with Crippen LogP contribution in [-0.4, -0.2) is 53.5 Å². The number of anilines is 1. The number of hydrogen-bond donors (Lipinski definition) is 3. The van der Waals surface area contributed by atoms with Gasteiger partial charge in [-0.3, -0.25) is 14.9 Å². The second-order valence-electron chi connectivity index (χ2n) is 8.47. The van der Waals surface area contributed by atoms with Crippen LogP contribution in [0.3, 0.4) is 0 Å². The summed E-state index contributed by atoms with van der Waals surface area (Å²) < 4.78 is 11.9. The first kappa shape index (κ1) is 24.9. The lowest BCUT2D eigenvalue weighted by Gasteiger charge is -2.39. The maximum absolute atomic E-state index is 12.8. The Morgan fingerprint density at radius 3 is 2.76 bits per heavy atom. The standard InChI is InChI=1S/C23H34N4O6/c1-2-32-23-18(8-5-13-28)19(16-6-3-4-7-16)14-20(33-23)22(29)25-12-11-24-21-10-9-17(15-26-21)27(30)31/h9-10,14-16,18-19,23,28H,2-8,11-13H2,1H3,(H,24,26)(H,25,29)/t18-,19-,23-/m0/s1. The van der Waals surface area contributed by atoms with Crippen molar-refractivity contribution in [3.63, 3.8) is 0 Å². The molecule has 10 heteroatoms. The number of allylic oxidation sites excluding steroid dienone is 1. The molecule has 1 amide bonds. The summed E-state index contributed by atoms with van der Waals surface area (Å²) in [6.45, 7) is 3.26. The van der Waals surface area contributed by atoms with Crippen LogP contribution in [0.1, 0.15) is 45.4 Å².